The summed E-state index contributed by atoms with van der Waals surface area (Å²) >= 11 is 3.34. The molecule has 1 saturated heterocycles. The first-order chi connectivity index (χ1) is 9.08. The van der Waals surface area contributed by atoms with Gasteiger partial charge < -0.3 is 10.0 Å². The number of carboxylic acid groups (broad SMARTS) is 1. The highest BCUT2D eigenvalue weighted by molar-refractivity contribution is 9.10. The summed E-state index contributed by atoms with van der Waals surface area (Å²) in [5, 5.41) is 9.16. The van der Waals surface area contributed by atoms with Crippen LogP contribution in [0.15, 0.2) is 28.7 Å². The van der Waals surface area contributed by atoms with Gasteiger partial charge in [-0.15, -0.1) is 0 Å². The Morgan fingerprint density at radius 2 is 1.95 bits per heavy atom. The summed E-state index contributed by atoms with van der Waals surface area (Å²) in [6.45, 7) is 0.548. The molecule has 1 aliphatic heterocycles. The van der Waals surface area contributed by atoms with E-state index in [1.165, 1.54) is 4.90 Å². The number of amides is 1. The summed E-state index contributed by atoms with van der Waals surface area (Å²) in [4.78, 5) is 24.9. The number of rotatable bonds is 3. The van der Waals surface area contributed by atoms with Gasteiger partial charge in [-0.3, -0.25) is 4.79 Å². The molecule has 19 heavy (non-hydrogen) atoms. The van der Waals surface area contributed by atoms with E-state index in [9.17, 15) is 9.59 Å². The maximum atomic E-state index is 12.2. The number of benzene rings is 1. The molecule has 102 valence electrons. The van der Waals surface area contributed by atoms with Crippen LogP contribution in [0.5, 0.6) is 0 Å². The van der Waals surface area contributed by atoms with E-state index in [2.05, 4.69) is 15.9 Å². The molecule has 1 heterocycles. The molecule has 1 amide bonds. The van der Waals surface area contributed by atoms with Crippen LogP contribution in [0.3, 0.4) is 0 Å². The van der Waals surface area contributed by atoms with Crippen molar-refractivity contribution in [2.45, 2.75) is 31.7 Å². The summed E-state index contributed by atoms with van der Waals surface area (Å²) in [7, 11) is 0. The SMILES string of the molecule is O=C(O)[C@@H]1CCCCN1C(=O)Cc1ccc(Br)cc1. The molecule has 5 heteroatoms. The summed E-state index contributed by atoms with van der Waals surface area (Å²) in [5.41, 5.74) is 0.905. The highest BCUT2D eigenvalue weighted by Gasteiger charge is 2.31. The first kappa shape index (κ1) is 14.1. The predicted octanol–water partition coefficient (Wildman–Crippen LogP) is 2.46. The standard InChI is InChI=1S/C14H16BrNO3/c15-11-6-4-10(5-7-11)9-13(17)16-8-2-1-3-12(16)14(18)19/h4-7,12H,1-3,8-9H2,(H,18,19)/t12-/m0/s1. The Hall–Kier alpha value is -1.36. The van der Waals surface area contributed by atoms with Crippen LogP contribution in [0.2, 0.25) is 0 Å². The van der Waals surface area contributed by atoms with E-state index in [-0.39, 0.29) is 12.3 Å². The van der Waals surface area contributed by atoms with Gasteiger partial charge in [0, 0.05) is 11.0 Å². The molecule has 1 aromatic rings. The number of carbonyl (C=O) groups excluding carboxylic acids is 1. The van der Waals surface area contributed by atoms with Gasteiger partial charge in [0.2, 0.25) is 5.91 Å². The first-order valence-electron chi connectivity index (χ1n) is 6.34. The third kappa shape index (κ3) is 3.56. The molecule has 0 radical (unpaired) electrons. The van der Waals surface area contributed by atoms with Gasteiger partial charge in [-0.1, -0.05) is 28.1 Å². The van der Waals surface area contributed by atoms with Gasteiger partial charge in [0.25, 0.3) is 0 Å². The lowest BCUT2D eigenvalue weighted by molar-refractivity contribution is -0.151. The van der Waals surface area contributed by atoms with Gasteiger partial charge in [-0.2, -0.15) is 0 Å². The van der Waals surface area contributed by atoms with Crippen LogP contribution in [-0.2, 0) is 16.0 Å². The van der Waals surface area contributed by atoms with Crippen LogP contribution in [0, 0.1) is 0 Å². The molecule has 1 aromatic carbocycles. The number of likely N-dealkylation sites (tertiary alicyclic amines) is 1. The number of carbonyl (C=O) groups is 2. The molecule has 1 aliphatic rings. The molecule has 0 saturated carbocycles. The molecule has 1 atom stereocenters. The summed E-state index contributed by atoms with van der Waals surface area (Å²) in [6, 6.07) is 6.86. The molecule has 1 N–H and O–H groups in total. The normalized spacial score (nSPS) is 19.2. The minimum Gasteiger partial charge on any atom is -0.480 e. The quantitative estimate of drug-likeness (QED) is 0.928. The Morgan fingerprint density at radius 1 is 1.26 bits per heavy atom. The zero-order valence-corrected chi connectivity index (χ0v) is 12.1. The van der Waals surface area contributed by atoms with Crippen LogP contribution in [0.1, 0.15) is 24.8 Å². The molecule has 4 nitrogen and oxygen atoms in total. The van der Waals surface area contributed by atoms with E-state index < -0.39 is 12.0 Å². The molecule has 1 fully saturated rings. The van der Waals surface area contributed by atoms with Gasteiger partial charge in [0.05, 0.1) is 6.42 Å². The number of carboxylic acids is 1. The lowest BCUT2D eigenvalue weighted by Gasteiger charge is -2.33. The number of hydrogen-bond donors (Lipinski definition) is 1. The fourth-order valence-electron chi connectivity index (χ4n) is 2.37. The lowest BCUT2D eigenvalue weighted by Crippen LogP contribution is -2.48. The van der Waals surface area contributed by atoms with Crippen LogP contribution >= 0.6 is 15.9 Å². The second kappa shape index (κ2) is 6.19. The van der Waals surface area contributed by atoms with Gasteiger partial charge in [0.1, 0.15) is 6.04 Å². The van der Waals surface area contributed by atoms with Crippen LogP contribution in [-0.4, -0.2) is 34.5 Å². The lowest BCUT2D eigenvalue weighted by atomic mass is 10.0. The smallest absolute Gasteiger partial charge is 0.326 e. The van der Waals surface area contributed by atoms with Gasteiger partial charge in [-0.25, -0.2) is 4.79 Å². The van der Waals surface area contributed by atoms with Crippen LogP contribution in [0.25, 0.3) is 0 Å². The molecular formula is C14H16BrNO3. The highest BCUT2D eigenvalue weighted by Crippen LogP contribution is 2.19. The van der Waals surface area contributed by atoms with Crippen molar-refractivity contribution in [3.8, 4) is 0 Å². The van der Waals surface area contributed by atoms with Crippen LogP contribution in [0.4, 0.5) is 0 Å². The van der Waals surface area contributed by atoms with Crippen molar-refractivity contribution in [1.29, 1.82) is 0 Å². The van der Waals surface area contributed by atoms with E-state index in [4.69, 9.17) is 5.11 Å². The highest BCUT2D eigenvalue weighted by atomic mass is 79.9. The van der Waals surface area contributed by atoms with Crippen molar-refractivity contribution in [1.82, 2.24) is 4.90 Å². The number of piperidine rings is 1. The number of hydrogen-bond acceptors (Lipinski definition) is 2. The first-order valence-corrected chi connectivity index (χ1v) is 7.14. The molecule has 0 spiro atoms. The number of aliphatic carboxylic acids is 1. The minimum atomic E-state index is -0.899. The summed E-state index contributed by atoms with van der Waals surface area (Å²) < 4.78 is 0.963. The van der Waals surface area contributed by atoms with E-state index in [0.717, 1.165) is 22.9 Å². The largest absolute Gasteiger partial charge is 0.480 e. The topological polar surface area (TPSA) is 57.6 Å². The fraction of sp³-hybridized carbons (Fsp3) is 0.429. The Kier molecular flexibility index (Phi) is 4.58. The molecule has 2 rings (SSSR count). The van der Waals surface area contributed by atoms with Crippen LogP contribution < -0.4 is 0 Å². The van der Waals surface area contributed by atoms with E-state index in [1.807, 2.05) is 24.3 Å². The Bertz CT molecular complexity index is 472. The molecule has 0 unspecified atom stereocenters. The minimum absolute atomic E-state index is 0.102. The second-order valence-electron chi connectivity index (χ2n) is 4.74. The van der Waals surface area contributed by atoms with Gasteiger partial charge in [0.15, 0.2) is 0 Å². The molecule has 0 aliphatic carbocycles. The van der Waals surface area contributed by atoms with Crippen molar-refractivity contribution in [3.63, 3.8) is 0 Å². The average molecular weight is 326 g/mol. The van der Waals surface area contributed by atoms with E-state index in [0.29, 0.717) is 13.0 Å². The molecule has 0 bridgehead atoms. The van der Waals surface area contributed by atoms with Crippen molar-refractivity contribution in [2.24, 2.45) is 0 Å². The zero-order chi connectivity index (χ0) is 13.8. The van der Waals surface area contributed by atoms with Crippen molar-refractivity contribution >= 4 is 27.8 Å². The predicted molar refractivity (Wildman–Crippen MR) is 74.8 cm³/mol. The summed E-state index contributed by atoms with van der Waals surface area (Å²) in [6.07, 6.45) is 2.58. The van der Waals surface area contributed by atoms with E-state index >= 15 is 0 Å². The van der Waals surface area contributed by atoms with E-state index in [1.54, 1.807) is 0 Å². The molecular weight excluding hydrogens is 310 g/mol. The fourth-order valence-corrected chi connectivity index (χ4v) is 2.63. The monoisotopic (exact) mass is 325 g/mol. The molecule has 0 aromatic heterocycles. The van der Waals surface area contributed by atoms with Crippen molar-refractivity contribution < 1.29 is 14.7 Å². The zero-order valence-electron chi connectivity index (χ0n) is 10.5. The summed E-state index contributed by atoms with van der Waals surface area (Å²) in [5.74, 6) is -1.00. The van der Waals surface area contributed by atoms with Crippen molar-refractivity contribution in [3.05, 3.63) is 34.3 Å². The average Bonchev–Trinajstić information content (AvgIpc) is 2.41. The maximum absolute atomic E-state index is 12.2. The Labute approximate surface area is 120 Å². The van der Waals surface area contributed by atoms with Gasteiger partial charge >= 0.3 is 5.97 Å². The van der Waals surface area contributed by atoms with Crippen molar-refractivity contribution in [2.75, 3.05) is 6.54 Å². The number of nitrogens with zero attached hydrogens (tertiary/aromatic N) is 1. The second-order valence-corrected chi connectivity index (χ2v) is 5.66. The Balaban J connectivity index is 2.05. The number of halogens is 1. The third-order valence-corrected chi connectivity index (χ3v) is 3.91. The van der Waals surface area contributed by atoms with Gasteiger partial charge in [-0.05, 0) is 37.0 Å². The third-order valence-electron chi connectivity index (χ3n) is 3.38. The Morgan fingerprint density at radius 3 is 2.58 bits per heavy atom. The maximum Gasteiger partial charge on any atom is 0.326 e.